The Hall–Kier alpha value is -10.4. The van der Waals surface area contributed by atoms with Crippen molar-refractivity contribution < 1.29 is 4.42 Å². The lowest BCUT2D eigenvalue weighted by Gasteiger charge is -2.27. The number of nitrogens with zero attached hydrogens (tertiary/aromatic N) is 4. The molecule has 4 heterocycles. The first-order valence-corrected chi connectivity index (χ1v) is 26.3. The van der Waals surface area contributed by atoms with Crippen LogP contribution in [0.5, 0.6) is 0 Å². The van der Waals surface area contributed by atoms with E-state index in [1.54, 1.807) is 0 Å². The average Bonchev–Trinajstić information content (AvgIpc) is 4.42. The molecule has 0 spiro atoms. The van der Waals surface area contributed by atoms with Crippen LogP contribution >= 0.6 is 0 Å². The van der Waals surface area contributed by atoms with E-state index in [-0.39, 0.29) is 0 Å². The summed E-state index contributed by atoms with van der Waals surface area (Å²) in [5.41, 5.74) is 20.1. The lowest BCUT2D eigenvalue weighted by Crippen LogP contribution is -2.10. The molecule has 0 bridgehead atoms. The standard InChI is InChI=1S/C72H46N4O/c1-2-15-51(16-3-1)74-65-24-11-6-19-58(65)61-45-54(41-43-67(61)74)73(55-42-44-71-62(46-55)59-20-8-13-28-70(59)77-71)68-26-14-27-69-72(68)60-21-7-12-25-66(60)76(69)53-39-35-50(36-40-53)48-31-29-47(30-32-48)49-33-37-52(38-34-49)75-63-22-9-4-17-56(63)57-18-5-10-23-64(57)75/h1-46H. The van der Waals surface area contributed by atoms with Crippen molar-refractivity contribution in [2.45, 2.75) is 0 Å². The number of aromatic nitrogens is 3. The Morgan fingerprint density at radius 3 is 1.22 bits per heavy atom. The van der Waals surface area contributed by atoms with Gasteiger partial charge in [0, 0.05) is 71.5 Å². The summed E-state index contributed by atoms with van der Waals surface area (Å²) in [7, 11) is 0. The highest BCUT2D eigenvalue weighted by molar-refractivity contribution is 6.18. The molecule has 0 unspecified atom stereocenters. The van der Waals surface area contributed by atoms with Crippen LogP contribution in [-0.4, -0.2) is 13.7 Å². The molecule has 4 aromatic heterocycles. The lowest BCUT2D eigenvalue weighted by molar-refractivity contribution is 0.669. The second-order valence-corrected chi connectivity index (χ2v) is 20.1. The van der Waals surface area contributed by atoms with E-state index in [0.717, 1.165) is 72.6 Å². The fraction of sp³-hybridized carbons (Fsp3) is 0. The topological polar surface area (TPSA) is 31.2 Å². The van der Waals surface area contributed by atoms with Crippen molar-refractivity contribution in [3.63, 3.8) is 0 Å². The predicted octanol–water partition coefficient (Wildman–Crippen LogP) is 19.7. The molecule has 0 saturated heterocycles. The number of para-hydroxylation sites is 6. The number of furan rings is 1. The number of fused-ring (bicyclic) bond motifs is 12. The average molecular weight is 983 g/mol. The van der Waals surface area contributed by atoms with E-state index in [4.69, 9.17) is 4.42 Å². The number of rotatable bonds is 8. The highest BCUT2D eigenvalue weighted by Gasteiger charge is 2.24. The Labute approximate surface area is 443 Å². The molecule has 0 aliphatic heterocycles. The molecule has 360 valence electrons. The van der Waals surface area contributed by atoms with Crippen LogP contribution in [0.4, 0.5) is 17.1 Å². The van der Waals surface area contributed by atoms with Crippen molar-refractivity contribution in [1.29, 1.82) is 0 Å². The number of anilines is 3. The summed E-state index contributed by atoms with van der Waals surface area (Å²) in [5.74, 6) is 0. The van der Waals surface area contributed by atoms with Gasteiger partial charge < -0.3 is 23.0 Å². The first-order chi connectivity index (χ1) is 38.2. The molecule has 16 rings (SSSR count). The van der Waals surface area contributed by atoms with Gasteiger partial charge in [0.1, 0.15) is 11.2 Å². The molecule has 0 N–H and O–H groups in total. The maximum absolute atomic E-state index is 6.40. The second kappa shape index (κ2) is 17.1. The van der Waals surface area contributed by atoms with Crippen LogP contribution in [0.3, 0.4) is 0 Å². The van der Waals surface area contributed by atoms with Gasteiger partial charge in [-0.05, 0) is 138 Å². The second-order valence-electron chi connectivity index (χ2n) is 20.1. The van der Waals surface area contributed by atoms with Crippen molar-refractivity contribution in [3.05, 3.63) is 279 Å². The van der Waals surface area contributed by atoms with Crippen molar-refractivity contribution in [2.24, 2.45) is 0 Å². The highest BCUT2D eigenvalue weighted by Crippen LogP contribution is 2.47. The van der Waals surface area contributed by atoms with Crippen molar-refractivity contribution in [1.82, 2.24) is 13.7 Å². The highest BCUT2D eigenvalue weighted by atomic mass is 16.3. The van der Waals surface area contributed by atoms with E-state index in [1.165, 1.54) is 71.1 Å². The number of benzene rings is 12. The molecular formula is C72H46N4O. The number of hydrogen-bond acceptors (Lipinski definition) is 2. The third kappa shape index (κ3) is 6.74. The summed E-state index contributed by atoms with van der Waals surface area (Å²) in [6.07, 6.45) is 0. The van der Waals surface area contributed by atoms with E-state index >= 15 is 0 Å². The monoisotopic (exact) mass is 982 g/mol. The van der Waals surface area contributed by atoms with E-state index < -0.39 is 0 Å². The van der Waals surface area contributed by atoms with Gasteiger partial charge in [-0.15, -0.1) is 0 Å². The van der Waals surface area contributed by atoms with Crippen LogP contribution in [0.15, 0.2) is 283 Å². The zero-order valence-corrected chi connectivity index (χ0v) is 41.8. The van der Waals surface area contributed by atoms with Gasteiger partial charge in [0.15, 0.2) is 0 Å². The summed E-state index contributed by atoms with van der Waals surface area (Å²) >= 11 is 0. The van der Waals surface area contributed by atoms with E-state index in [0.29, 0.717) is 0 Å². The molecule has 0 aliphatic carbocycles. The van der Waals surface area contributed by atoms with Crippen molar-refractivity contribution >= 4 is 104 Å². The predicted molar refractivity (Wildman–Crippen MR) is 322 cm³/mol. The maximum Gasteiger partial charge on any atom is 0.135 e. The van der Waals surface area contributed by atoms with Gasteiger partial charge in [-0.2, -0.15) is 0 Å². The zero-order valence-electron chi connectivity index (χ0n) is 41.8. The van der Waals surface area contributed by atoms with Gasteiger partial charge >= 0.3 is 0 Å². The van der Waals surface area contributed by atoms with Crippen LogP contribution in [0.25, 0.3) is 127 Å². The smallest absolute Gasteiger partial charge is 0.135 e. The Morgan fingerprint density at radius 1 is 0.247 bits per heavy atom. The summed E-state index contributed by atoms with van der Waals surface area (Å²) in [5, 5.41) is 9.48. The molecule has 0 radical (unpaired) electrons. The van der Waals surface area contributed by atoms with Crippen LogP contribution in [0.1, 0.15) is 0 Å². The van der Waals surface area contributed by atoms with E-state index in [9.17, 15) is 0 Å². The Kier molecular flexibility index (Phi) is 9.57. The number of hydrogen-bond donors (Lipinski definition) is 0. The van der Waals surface area contributed by atoms with Crippen LogP contribution in [0.2, 0.25) is 0 Å². The molecule has 0 fully saturated rings. The molecule has 77 heavy (non-hydrogen) atoms. The molecule has 0 amide bonds. The van der Waals surface area contributed by atoms with Gasteiger partial charge in [-0.1, -0.05) is 164 Å². The van der Waals surface area contributed by atoms with E-state index in [2.05, 4.69) is 292 Å². The van der Waals surface area contributed by atoms with Gasteiger partial charge in [0.25, 0.3) is 0 Å². The fourth-order valence-corrected chi connectivity index (χ4v) is 12.4. The van der Waals surface area contributed by atoms with Gasteiger partial charge in [0.05, 0.1) is 38.8 Å². The third-order valence-electron chi connectivity index (χ3n) is 15.8. The van der Waals surface area contributed by atoms with Crippen molar-refractivity contribution in [2.75, 3.05) is 4.90 Å². The van der Waals surface area contributed by atoms with Crippen LogP contribution < -0.4 is 4.90 Å². The Bertz CT molecular complexity index is 4910. The fourth-order valence-electron chi connectivity index (χ4n) is 12.4. The normalized spacial score (nSPS) is 11.9. The Balaban J connectivity index is 0.791. The maximum atomic E-state index is 6.40. The summed E-state index contributed by atoms with van der Waals surface area (Å²) < 4.78 is 13.6. The molecule has 16 aromatic rings. The summed E-state index contributed by atoms with van der Waals surface area (Å²) in [6.45, 7) is 0. The molecule has 0 atom stereocenters. The Morgan fingerprint density at radius 2 is 0.636 bits per heavy atom. The summed E-state index contributed by atoms with van der Waals surface area (Å²) in [4.78, 5) is 2.45. The minimum atomic E-state index is 0.868. The van der Waals surface area contributed by atoms with Crippen LogP contribution in [-0.2, 0) is 0 Å². The zero-order chi connectivity index (χ0) is 50.6. The summed E-state index contributed by atoms with van der Waals surface area (Å²) in [6, 6.07) is 101. The third-order valence-corrected chi connectivity index (χ3v) is 15.8. The molecular weight excluding hydrogens is 937 g/mol. The van der Waals surface area contributed by atoms with Gasteiger partial charge in [-0.25, -0.2) is 0 Å². The quantitative estimate of drug-likeness (QED) is 0.152. The molecule has 5 nitrogen and oxygen atoms in total. The molecule has 0 saturated carbocycles. The van der Waals surface area contributed by atoms with Crippen LogP contribution in [0, 0.1) is 0 Å². The molecule has 12 aromatic carbocycles. The largest absolute Gasteiger partial charge is 0.456 e. The minimum Gasteiger partial charge on any atom is -0.456 e. The van der Waals surface area contributed by atoms with E-state index in [1.807, 2.05) is 6.07 Å². The van der Waals surface area contributed by atoms with Gasteiger partial charge in [0.2, 0.25) is 0 Å². The molecule has 5 heteroatoms. The first-order valence-electron chi connectivity index (χ1n) is 26.3. The minimum absolute atomic E-state index is 0.868. The molecule has 0 aliphatic rings. The SMILES string of the molecule is c1ccc(-n2c3ccccc3c3cc(N(c4ccc5oc6ccccc6c5c4)c4cccc5c4c4ccccc4n5-c4ccc(-c5ccc(-c6ccc(-n7c8ccccc8c8ccccc87)cc6)cc5)cc4)ccc32)cc1. The first kappa shape index (κ1) is 43.1. The van der Waals surface area contributed by atoms with Crippen molar-refractivity contribution in [3.8, 4) is 39.3 Å². The lowest BCUT2D eigenvalue weighted by atomic mass is 10.00. The van der Waals surface area contributed by atoms with Gasteiger partial charge in [-0.3, -0.25) is 0 Å².